The van der Waals surface area contributed by atoms with Gasteiger partial charge in [-0.15, -0.1) is 0 Å². The number of hydrogen-bond donors (Lipinski definition) is 1. The monoisotopic (exact) mass is 190 g/mol. The summed E-state index contributed by atoms with van der Waals surface area (Å²) >= 11 is 0. The van der Waals surface area contributed by atoms with Crippen molar-refractivity contribution in [2.24, 2.45) is 0 Å². The number of carbonyl (C=O) groups is 1. The van der Waals surface area contributed by atoms with Gasteiger partial charge in [0.1, 0.15) is 0 Å². The van der Waals surface area contributed by atoms with E-state index >= 15 is 0 Å². The van der Waals surface area contributed by atoms with E-state index in [1.165, 1.54) is 7.11 Å². The van der Waals surface area contributed by atoms with Crippen molar-refractivity contribution < 1.29 is 9.53 Å². The molecular weight excluding hydrogens is 180 g/mol. The van der Waals surface area contributed by atoms with Crippen molar-refractivity contribution in [2.75, 3.05) is 12.4 Å². The minimum absolute atomic E-state index is 0.587. The standard InChI is InChI=1S/C10H10N2O2/c1-14-10(13)9(7-11)12-8-5-3-2-4-6-8/h2-6,9,12H,1H3. The van der Waals surface area contributed by atoms with Gasteiger partial charge in [-0.3, -0.25) is 0 Å². The fraction of sp³-hybridized carbons (Fsp3) is 0.200. The van der Waals surface area contributed by atoms with E-state index in [4.69, 9.17) is 5.26 Å². The summed E-state index contributed by atoms with van der Waals surface area (Å²) in [5.74, 6) is -0.587. The lowest BCUT2D eigenvalue weighted by atomic mass is 10.2. The summed E-state index contributed by atoms with van der Waals surface area (Å²) in [6.07, 6.45) is 0. The molecule has 0 spiro atoms. The predicted molar refractivity (Wildman–Crippen MR) is 51.5 cm³/mol. The number of para-hydroxylation sites is 1. The van der Waals surface area contributed by atoms with Crippen LogP contribution in [0.4, 0.5) is 5.69 Å². The Morgan fingerprint density at radius 1 is 1.50 bits per heavy atom. The van der Waals surface area contributed by atoms with Crippen LogP contribution < -0.4 is 5.32 Å². The molecule has 0 heterocycles. The zero-order valence-corrected chi connectivity index (χ0v) is 7.73. The molecule has 0 aliphatic rings. The third-order valence-corrected chi connectivity index (χ3v) is 1.65. The Morgan fingerprint density at radius 3 is 2.64 bits per heavy atom. The van der Waals surface area contributed by atoms with E-state index in [1.807, 2.05) is 24.3 Å². The topological polar surface area (TPSA) is 62.1 Å². The number of benzene rings is 1. The number of carbonyl (C=O) groups excluding carboxylic acids is 1. The van der Waals surface area contributed by atoms with Crippen LogP contribution >= 0.6 is 0 Å². The second kappa shape index (κ2) is 4.87. The Kier molecular flexibility index (Phi) is 3.50. The van der Waals surface area contributed by atoms with E-state index in [1.54, 1.807) is 12.1 Å². The van der Waals surface area contributed by atoms with Crippen LogP contribution in [0, 0.1) is 11.3 Å². The first-order valence-electron chi connectivity index (χ1n) is 4.07. The van der Waals surface area contributed by atoms with Gasteiger partial charge in [-0.1, -0.05) is 18.2 Å². The lowest BCUT2D eigenvalue weighted by Gasteiger charge is -2.09. The van der Waals surface area contributed by atoms with Crippen LogP contribution in [0.15, 0.2) is 30.3 Å². The van der Waals surface area contributed by atoms with E-state index in [9.17, 15) is 4.79 Å². The SMILES string of the molecule is COC(=O)C(C#N)Nc1ccccc1. The molecule has 0 bridgehead atoms. The van der Waals surface area contributed by atoms with Gasteiger partial charge < -0.3 is 10.1 Å². The fourth-order valence-corrected chi connectivity index (χ4v) is 0.963. The van der Waals surface area contributed by atoms with Crippen LogP contribution in [-0.4, -0.2) is 19.1 Å². The number of hydrogen-bond acceptors (Lipinski definition) is 4. The highest BCUT2D eigenvalue weighted by molar-refractivity contribution is 5.82. The van der Waals surface area contributed by atoms with E-state index in [-0.39, 0.29) is 0 Å². The molecule has 1 atom stereocenters. The van der Waals surface area contributed by atoms with Crippen LogP contribution in [0.2, 0.25) is 0 Å². The summed E-state index contributed by atoms with van der Waals surface area (Å²) in [6, 6.07) is 9.88. The minimum Gasteiger partial charge on any atom is -0.467 e. The van der Waals surface area contributed by atoms with Crippen molar-refractivity contribution >= 4 is 11.7 Å². The number of rotatable bonds is 3. The van der Waals surface area contributed by atoms with Gasteiger partial charge in [-0.25, -0.2) is 4.79 Å². The highest BCUT2D eigenvalue weighted by Gasteiger charge is 2.17. The van der Waals surface area contributed by atoms with E-state index in [0.717, 1.165) is 0 Å². The molecule has 4 heteroatoms. The molecule has 0 saturated heterocycles. The molecule has 0 radical (unpaired) electrons. The molecule has 0 saturated carbocycles. The highest BCUT2D eigenvalue weighted by Crippen LogP contribution is 2.07. The Bertz CT molecular complexity index is 343. The lowest BCUT2D eigenvalue weighted by Crippen LogP contribution is -2.28. The van der Waals surface area contributed by atoms with Crippen molar-refractivity contribution in [3.63, 3.8) is 0 Å². The van der Waals surface area contributed by atoms with Gasteiger partial charge >= 0.3 is 5.97 Å². The summed E-state index contributed by atoms with van der Waals surface area (Å²) in [4.78, 5) is 11.0. The molecule has 1 N–H and O–H groups in total. The Balaban J connectivity index is 2.68. The fourth-order valence-electron chi connectivity index (χ4n) is 0.963. The number of nitrogens with one attached hydrogen (secondary N) is 1. The van der Waals surface area contributed by atoms with Gasteiger partial charge in [-0.2, -0.15) is 5.26 Å². The van der Waals surface area contributed by atoms with Crippen molar-refractivity contribution in [1.82, 2.24) is 0 Å². The number of nitrogens with zero attached hydrogens (tertiary/aromatic N) is 1. The number of ether oxygens (including phenoxy) is 1. The zero-order valence-electron chi connectivity index (χ0n) is 7.73. The maximum absolute atomic E-state index is 11.0. The number of methoxy groups -OCH3 is 1. The van der Waals surface area contributed by atoms with Gasteiger partial charge in [0, 0.05) is 5.69 Å². The molecule has 0 fully saturated rings. The van der Waals surface area contributed by atoms with Gasteiger partial charge in [0.05, 0.1) is 13.2 Å². The first kappa shape index (κ1) is 10.1. The minimum atomic E-state index is -0.956. The lowest BCUT2D eigenvalue weighted by molar-refractivity contribution is -0.140. The van der Waals surface area contributed by atoms with Gasteiger partial charge in [0.25, 0.3) is 0 Å². The van der Waals surface area contributed by atoms with Crippen molar-refractivity contribution in [3.8, 4) is 6.07 Å². The molecule has 72 valence electrons. The molecule has 1 rings (SSSR count). The van der Waals surface area contributed by atoms with Gasteiger partial charge in [0.15, 0.2) is 0 Å². The summed E-state index contributed by atoms with van der Waals surface area (Å²) in [5, 5.41) is 11.4. The average Bonchev–Trinajstić information content (AvgIpc) is 2.26. The molecule has 0 aliphatic carbocycles. The quantitative estimate of drug-likeness (QED) is 0.726. The van der Waals surface area contributed by atoms with E-state index in [0.29, 0.717) is 5.69 Å². The Hall–Kier alpha value is -2.02. The molecule has 1 unspecified atom stereocenters. The zero-order chi connectivity index (χ0) is 10.4. The van der Waals surface area contributed by atoms with E-state index in [2.05, 4.69) is 10.1 Å². The summed E-state index contributed by atoms with van der Waals surface area (Å²) < 4.78 is 4.45. The van der Waals surface area contributed by atoms with Crippen LogP contribution in [-0.2, 0) is 9.53 Å². The maximum atomic E-state index is 11.0. The van der Waals surface area contributed by atoms with Gasteiger partial charge in [-0.05, 0) is 12.1 Å². The first-order valence-corrected chi connectivity index (χ1v) is 4.07. The highest BCUT2D eigenvalue weighted by atomic mass is 16.5. The molecular formula is C10H10N2O2. The van der Waals surface area contributed by atoms with Crippen LogP contribution in [0.1, 0.15) is 0 Å². The first-order chi connectivity index (χ1) is 6.77. The van der Waals surface area contributed by atoms with Crippen LogP contribution in [0.3, 0.4) is 0 Å². The molecule has 0 aromatic heterocycles. The number of anilines is 1. The number of esters is 1. The summed E-state index contributed by atoms with van der Waals surface area (Å²) in [6.45, 7) is 0. The summed E-state index contributed by atoms with van der Waals surface area (Å²) in [7, 11) is 1.25. The maximum Gasteiger partial charge on any atom is 0.343 e. The second-order valence-electron chi connectivity index (χ2n) is 2.60. The predicted octanol–water partition coefficient (Wildman–Crippen LogP) is 1.16. The molecule has 14 heavy (non-hydrogen) atoms. The molecule has 1 aromatic carbocycles. The summed E-state index contributed by atoms with van der Waals surface area (Å²) in [5.41, 5.74) is 0.712. The van der Waals surface area contributed by atoms with Crippen LogP contribution in [0.25, 0.3) is 0 Å². The Morgan fingerprint density at radius 2 is 2.14 bits per heavy atom. The third-order valence-electron chi connectivity index (χ3n) is 1.65. The molecule has 0 aliphatic heterocycles. The smallest absolute Gasteiger partial charge is 0.343 e. The van der Waals surface area contributed by atoms with Gasteiger partial charge in [0.2, 0.25) is 6.04 Å². The van der Waals surface area contributed by atoms with E-state index < -0.39 is 12.0 Å². The molecule has 0 amide bonds. The van der Waals surface area contributed by atoms with Crippen molar-refractivity contribution in [1.29, 1.82) is 5.26 Å². The second-order valence-corrected chi connectivity index (χ2v) is 2.60. The normalized spacial score (nSPS) is 11.1. The number of nitriles is 1. The Labute approximate surface area is 82.1 Å². The largest absolute Gasteiger partial charge is 0.467 e. The molecule has 4 nitrogen and oxygen atoms in total. The average molecular weight is 190 g/mol. The van der Waals surface area contributed by atoms with Crippen molar-refractivity contribution in [3.05, 3.63) is 30.3 Å². The van der Waals surface area contributed by atoms with Crippen molar-refractivity contribution in [2.45, 2.75) is 6.04 Å². The molecule has 1 aromatic rings. The van der Waals surface area contributed by atoms with Crippen LogP contribution in [0.5, 0.6) is 0 Å². The third kappa shape index (κ3) is 2.49.